The van der Waals surface area contributed by atoms with Crippen molar-refractivity contribution in [2.24, 2.45) is 0 Å². The summed E-state index contributed by atoms with van der Waals surface area (Å²) in [5.41, 5.74) is 2.43. The highest BCUT2D eigenvalue weighted by atomic mass is 32.1. The Bertz CT molecular complexity index is 886. The number of fused-ring (bicyclic) bond motifs is 3. The Kier molecular flexibility index (Phi) is 2.54. The average molecular weight is 279 g/mol. The summed E-state index contributed by atoms with van der Waals surface area (Å²) in [5.74, 6) is 0.890. The van der Waals surface area contributed by atoms with Gasteiger partial charge in [-0.1, -0.05) is 18.2 Å². The molecule has 0 saturated heterocycles. The van der Waals surface area contributed by atoms with Gasteiger partial charge >= 0.3 is 0 Å². The molecule has 98 valence electrons. The quantitative estimate of drug-likeness (QED) is 0.545. The van der Waals surface area contributed by atoms with Gasteiger partial charge in [0, 0.05) is 21.2 Å². The van der Waals surface area contributed by atoms with Crippen LogP contribution in [-0.2, 0) is 0 Å². The van der Waals surface area contributed by atoms with E-state index in [1.165, 1.54) is 31.6 Å². The highest BCUT2D eigenvalue weighted by Gasteiger charge is 2.09. The molecule has 0 fully saturated rings. The van der Waals surface area contributed by atoms with E-state index in [0.29, 0.717) is 0 Å². The molecule has 0 aliphatic carbocycles. The van der Waals surface area contributed by atoms with Gasteiger partial charge in [-0.05, 0) is 42.0 Å². The van der Waals surface area contributed by atoms with Gasteiger partial charge in [-0.15, -0.1) is 11.3 Å². The lowest BCUT2D eigenvalue weighted by atomic mass is 10.1. The molecule has 2 heterocycles. The van der Waals surface area contributed by atoms with Gasteiger partial charge < -0.3 is 9.72 Å². The van der Waals surface area contributed by atoms with Gasteiger partial charge in [-0.2, -0.15) is 0 Å². The fraction of sp³-hybridized carbons (Fsp3) is 0.0588. The average Bonchev–Trinajstić information content (AvgIpc) is 3.05. The number of nitrogens with one attached hydrogen (secondary N) is 1. The Morgan fingerprint density at radius 2 is 1.75 bits per heavy atom. The van der Waals surface area contributed by atoms with Crippen LogP contribution in [0.3, 0.4) is 0 Å². The second-order valence-electron chi connectivity index (χ2n) is 4.75. The minimum absolute atomic E-state index is 0.890. The van der Waals surface area contributed by atoms with Crippen LogP contribution in [-0.4, -0.2) is 12.1 Å². The van der Waals surface area contributed by atoms with Crippen molar-refractivity contribution in [2.75, 3.05) is 7.11 Å². The van der Waals surface area contributed by atoms with Crippen LogP contribution in [0.4, 0.5) is 0 Å². The number of H-pyrrole nitrogens is 1. The molecule has 2 nitrogen and oxygen atoms in total. The summed E-state index contributed by atoms with van der Waals surface area (Å²) in [6.07, 6.45) is 0. The van der Waals surface area contributed by atoms with Crippen molar-refractivity contribution in [3.63, 3.8) is 0 Å². The van der Waals surface area contributed by atoms with E-state index in [1.807, 2.05) is 12.1 Å². The predicted molar refractivity (Wildman–Crippen MR) is 85.7 cm³/mol. The van der Waals surface area contributed by atoms with Crippen molar-refractivity contribution in [2.45, 2.75) is 0 Å². The van der Waals surface area contributed by atoms with E-state index in [4.69, 9.17) is 4.74 Å². The number of methoxy groups -OCH3 is 1. The third-order valence-corrected chi connectivity index (χ3v) is 4.67. The summed E-state index contributed by atoms with van der Waals surface area (Å²) in [5, 5.41) is 2.59. The Morgan fingerprint density at radius 3 is 2.55 bits per heavy atom. The van der Waals surface area contributed by atoms with E-state index in [1.54, 1.807) is 18.4 Å². The molecule has 0 spiro atoms. The number of rotatable bonds is 2. The SMILES string of the molecule is COc1ccc(-c2cc3c([nH]c4ccccc43)s2)cc1. The molecule has 0 bridgehead atoms. The first-order valence-electron chi connectivity index (χ1n) is 6.50. The van der Waals surface area contributed by atoms with Crippen molar-refractivity contribution in [3.05, 3.63) is 54.6 Å². The minimum Gasteiger partial charge on any atom is -0.497 e. The molecule has 0 aliphatic heterocycles. The molecule has 2 aromatic carbocycles. The maximum atomic E-state index is 5.20. The monoisotopic (exact) mass is 279 g/mol. The molecule has 4 aromatic rings. The highest BCUT2D eigenvalue weighted by molar-refractivity contribution is 7.22. The zero-order valence-corrected chi connectivity index (χ0v) is 11.8. The van der Waals surface area contributed by atoms with Crippen LogP contribution in [0.2, 0.25) is 0 Å². The third kappa shape index (κ3) is 1.71. The number of hydrogen-bond acceptors (Lipinski definition) is 2. The van der Waals surface area contributed by atoms with Gasteiger partial charge in [0.1, 0.15) is 10.6 Å². The summed E-state index contributed by atoms with van der Waals surface area (Å²) in [4.78, 5) is 6.00. The zero-order valence-electron chi connectivity index (χ0n) is 11.0. The summed E-state index contributed by atoms with van der Waals surface area (Å²) in [6, 6.07) is 18.9. The summed E-state index contributed by atoms with van der Waals surface area (Å²) >= 11 is 1.79. The number of hydrogen-bond donors (Lipinski definition) is 1. The molecule has 3 heteroatoms. The molecule has 2 aromatic heterocycles. The summed E-state index contributed by atoms with van der Waals surface area (Å²) < 4.78 is 5.20. The summed E-state index contributed by atoms with van der Waals surface area (Å²) in [7, 11) is 1.69. The maximum Gasteiger partial charge on any atom is 0.118 e. The van der Waals surface area contributed by atoms with E-state index < -0.39 is 0 Å². The van der Waals surface area contributed by atoms with Crippen LogP contribution in [0.15, 0.2) is 54.6 Å². The molecular weight excluding hydrogens is 266 g/mol. The Morgan fingerprint density at radius 1 is 0.950 bits per heavy atom. The first kappa shape index (κ1) is 11.6. The molecule has 0 unspecified atom stereocenters. The molecule has 0 saturated carbocycles. The van der Waals surface area contributed by atoms with Gasteiger partial charge in [-0.3, -0.25) is 0 Å². The molecule has 0 atom stereocenters. The number of thiophene rings is 1. The number of aromatic nitrogens is 1. The van der Waals surface area contributed by atoms with E-state index in [9.17, 15) is 0 Å². The molecular formula is C17H13NOS. The van der Waals surface area contributed by atoms with Gasteiger partial charge in [-0.25, -0.2) is 0 Å². The fourth-order valence-electron chi connectivity index (χ4n) is 2.53. The Labute approximate surface area is 120 Å². The van der Waals surface area contributed by atoms with Gasteiger partial charge in [0.25, 0.3) is 0 Å². The van der Waals surface area contributed by atoms with Crippen LogP contribution in [0, 0.1) is 0 Å². The van der Waals surface area contributed by atoms with Crippen molar-refractivity contribution in [1.82, 2.24) is 4.98 Å². The van der Waals surface area contributed by atoms with Crippen molar-refractivity contribution < 1.29 is 4.74 Å². The summed E-state index contributed by atoms with van der Waals surface area (Å²) in [6.45, 7) is 0. The number of ether oxygens (including phenoxy) is 1. The molecule has 0 amide bonds. The van der Waals surface area contributed by atoms with E-state index in [2.05, 4.69) is 47.4 Å². The lowest BCUT2D eigenvalue weighted by molar-refractivity contribution is 0.415. The second kappa shape index (κ2) is 4.39. The number of para-hydroxylation sites is 1. The Balaban J connectivity index is 1.87. The minimum atomic E-state index is 0.890. The molecule has 4 rings (SSSR count). The lowest BCUT2D eigenvalue weighted by Gasteiger charge is -2.00. The molecule has 20 heavy (non-hydrogen) atoms. The van der Waals surface area contributed by atoms with Crippen LogP contribution in [0.25, 0.3) is 31.6 Å². The van der Waals surface area contributed by atoms with Crippen molar-refractivity contribution in [1.29, 1.82) is 0 Å². The van der Waals surface area contributed by atoms with Crippen molar-refractivity contribution >= 4 is 32.5 Å². The first-order chi connectivity index (χ1) is 9.85. The molecule has 0 radical (unpaired) electrons. The van der Waals surface area contributed by atoms with E-state index >= 15 is 0 Å². The van der Waals surface area contributed by atoms with Crippen molar-refractivity contribution in [3.8, 4) is 16.2 Å². The third-order valence-electron chi connectivity index (χ3n) is 3.57. The largest absolute Gasteiger partial charge is 0.497 e. The number of benzene rings is 2. The van der Waals surface area contributed by atoms with Gasteiger partial charge in [0.2, 0.25) is 0 Å². The van der Waals surface area contributed by atoms with Crippen LogP contribution in [0.1, 0.15) is 0 Å². The lowest BCUT2D eigenvalue weighted by Crippen LogP contribution is -1.81. The standard InChI is InChI=1S/C17H13NOS/c1-19-12-8-6-11(7-9-12)16-10-14-13-4-2-3-5-15(13)18-17(14)20-16/h2-10,18H,1H3. The highest BCUT2D eigenvalue weighted by Crippen LogP contribution is 2.37. The number of aromatic amines is 1. The van der Waals surface area contributed by atoms with Crippen LogP contribution < -0.4 is 4.74 Å². The van der Waals surface area contributed by atoms with Gasteiger partial charge in [0.15, 0.2) is 0 Å². The first-order valence-corrected chi connectivity index (χ1v) is 7.31. The van der Waals surface area contributed by atoms with Crippen LogP contribution in [0.5, 0.6) is 5.75 Å². The fourth-order valence-corrected chi connectivity index (χ4v) is 3.62. The smallest absolute Gasteiger partial charge is 0.118 e. The molecule has 1 N–H and O–H groups in total. The van der Waals surface area contributed by atoms with E-state index in [0.717, 1.165) is 5.75 Å². The Hall–Kier alpha value is -2.26. The van der Waals surface area contributed by atoms with Crippen LogP contribution >= 0.6 is 11.3 Å². The second-order valence-corrected chi connectivity index (χ2v) is 5.80. The zero-order chi connectivity index (χ0) is 13.5. The topological polar surface area (TPSA) is 25.0 Å². The molecule has 0 aliphatic rings. The maximum absolute atomic E-state index is 5.20. The van der Waals surface area contributed by atoms with E-state index in [-0.39, 0.29) is 0 Å². The predicted octanol–water partition coefficient (Wildman–Crippen LogP) is 5.06. The van der Waals surface area contributed by atoms with Gasteiger partial charge in [0.05, 0.1) is 7.11 Å². The normalized spacial score (nSPS) is 11.2.